The molecule has 0 saturated heterocycles. The lowest BCUT2D eigenvalue weighted by atomic mass is 10.0. The second-order valence-electron chi connectivity index (χ2n) is 6.11. The summed E-state index contributed by atoms with van der Waals surface area (Å²) >= 11 is 1.55. The Labute approximate surface area is 149 Å². The first-order chi connectivity index (χ1) is 12.2. The first-order valence-corrected chi connectivity index (χ1v) is 9.17. The Kier molecular flexibility index (Phi) is 4.32. The number of nitrogens with zero attached hydrogens (tertiary/aromatic N) is 2. The van der Waals surface area contributed by atoms with E-state index in [1.54, 1.807) is 22.3 Å². The highest BCUT2D eigenvalue weighted by Crippen LogP contribution is 2.29. The van der Waals surface area contributed by atoms with Crippen LogP contribution in [0.1, 0.15) is 17.7 Å². The van der Waals surface area contributed by atoms with E-state index < -0.39 is 0 Å². The monoisotopic (exact) mass is 352 g/mol. The van der Waals surface area contributed by atoms with E-state index in [0.717, 1.165) is 40.4 Å². The summed E-state index contributed by atoms with van der Waals surface area (Å²) in [7, 11) is 0. The van der Waals surface area contributed by atoms with E-state index in [-0.39, 0.29) is 18.1 Å². The summed E-state index contributed by atoms with van der Waals surface area (Å²) in [4.78, 5) is 19.1. The van der Waals surface area contributed by atoms with Gasteiger partial charge in [-0.1, -0.05) is 30.3 Å². The second kappa shape index (κ2) is 6.76. The van der Waals surface area contributed by atoms with Crippen molar-refractivity contribution in [3.8, 4) is 10.6 Å². The summed E-state index contributed by atoms with van der Waals surface area (Å²) in [6, 6.07) is 14.6. The van der Waals surface area contributed by atoms with Crippen molar-refractivity contribution < 1.29 is 9.18 Å². The number of aryl methyl sites for hydroxylation is 1. The molecule has 0 unspecified atom stereocenters. The van der Waals surface area contributed by atoms with E-state index in [1.165, 1.54) is 12.1 Å². The number of rotatable bonds is 3. The SMILES string of the molecule is O=C(Cc1csc(-c2ccccc2)n1)N1CCCc2cc(F)ccc21. The quantitative estimate of drug-likeness (QED) is 0.697. The number of halogens is 1. The summed E-state index contributed by atoms with van der Waals surface area (Å²) < 4.78 is 13.4. The van der Waals surface area contributed by atoms with Crippen LogP contribution in [0.15, 0.2) is 53.9 Å². The van der Waals surface area contributed by atoms with Gasteiger partial charge >= 0.3 is 0 Å². The lowest BCUT2D eigenvalue weighted by Gasteiger charge is -2.29. The van der Waals surface area contributed by atoms with Gasteiger partial charge in [0.25, 0.3) is 0 Å². The number of aromatic nitrogens is 1. The van der Waals surface area contributed by atoms with E-state index in [4.69, 9.17) is 0 Å². The summed E-state index contributed by atoms with van der Waals surface area (Å²) in [6.07, 6.45) is 1.93. The highest BCUT2D eigenvalue weighted by molar-refractivity contribution is 7.13. The topological polar surface area (TPSA) is 33.2 Å². The summed E-state index contributed by atoms with van der Waals surface area (Å²) in [5.74, 6) is -0.238. The predicted octanol–water partition coefficient (Wildman–Crippen LogP) is 4.47. The molecule has 0 fully saturated rings. The standard InChI is InChI=1S/C20H17FN2OS/c21-16-8-9-18-15(11-16)7-4-10-23(18)19(24)12-17-13-25-20(22-17)14-5-2-1-3-6-14/h1-3,5-6,8-9,11,13H,4,7,10,12H2. The van der Waals surface area contributed by atoms with Crippen molar-refractivity contribution >= 4 is 22.9 Å². The molecular formula is C20H17FN2OS. The third-order valence-electron chi connectivity index (χ3n) is 4.37. The number of carbonyl (C=O) groups excluding carboxylic acids is 1. The van der Waals surface area contributed by atoms with Gasteiger partial charge in [-0.3, -0.25) is 4.79 Å². The van der Waals surface area contributed by atoms with Crippen molar-refractivity contribution in [2.75, 3.05) is 11.4 Å². The number of hydrogen-bond acceptors (Lipinski definition) is 3. The van der Waals surface area contributed by atoms with Crippen LogP contribution in [-0.4, -0.2) is 17.4 Å². The van der Waals surface area contributed by atoms with Crippen LogP contribution >= 0.6 is 11.3 Å². The maximum absolute atomic E-state index is 13.4. The Bertz CT molecular complexity index is 907. The third kappa shape index (κ3) is 3.33. The number of thiazole rings is 1. The van der Waals surface area contributed by atoms with Crippen LogP contribution in [-0.2, 0) is 17.6 Å². The zero-order valence-corrected chi connectivity index (χ0v) is 14.4. The summed E-state index contributed by atoms with van der Waals surface area (Å²) in [5, 5.41) is 2.86. The van der Waals surface area contributed by atoms with Crippen LogP contribution < -0.4 is 4.90 Å². The van der Waals surface area contributed by atoms with E-state index in [2.05, 4.69) is 4.98 Å². The highest BCUT2D eigenvalue weighted by Gasteiger charge is 2.23. The second-order valence-corrected chi connectivity index (χ2v) is 6.97. The van der Waals surface area contributed by atoms with Gasteiger partial charge in [0.05, 0.1) is 12.1 Å². The maximum Gasteiger partial charge on any atom is 0.233 e. The molecule has 0 bridgehead atoms. The molecule has 0 radical (unpaired) electrons. The maximum atomic E-state index is 13.4. The lowest BCUT2D eigenvalue weighted by molar-refractivity contribution is -0.118. The van der Waals surface area contributed by atoms with Crippen molar-refractivity contribution in [2.24, 2.45) is 0 Å². The minimum absolute atomic E-state index is 0.0115. The molecule has 126 valence electrons. The smallest absolute Gasteiger partial charge is 0.233 e. The molecule has 2 heterocycles. The van der Waals surface area contributed by atoms with Gasteiger partial charge in [-0.05, 0) is 36.6 Å². The number of amides is 1. The third-order valence-corrected chi connectivity index (χ3v) is 5.31. The normalized spacial score (nSPS) is 13.6. The molecular weight excluding hydrogens is 335 g/mol. The fraction of sp³-hybridized carbons (Fsp3) is 0.200. The van der Waals surface area contributed by atoms with E-state index >= 15 is 0 Å². The molecule has 1 aliphatic heterocycles. The van der Waals surface area contributed by atoms with Crippen molar-refractivity contribution in [3.05, 3.63) is 71.0 Å². The Balaban J connectivity index is 1.53. The Morgan fingerprint density at radius 1 is 1.20 bits per heavy atom. The first-order valence-electron chi connectivity index (χ1n) is 8.29. The van der Waals surface area contributed by atoms with Crippen molar-refractivity contribution in [1.29, 1.82) is 0 Å². The van der Waals surface area contributed by atoms with E-state index in [0.29, 0.717) is 6.54 Å². The first kappa shape index (κ1) is 16.0. The molecule has 3 nitrogen and oxygen atoms in total. The molecule has 4 rings (SSSR count). The highest BCUT2D eigenvalue weighted by atomic mass is 32.1. The molecule has 25 heavy (non-hydrogen) atoms. The lowest BCUT2D eigenvalue weighted by Crippen LogP contribution is -2.36. The Hall–Kier alpha value is -2.53. The molecule has 5 heteroatoms. The van der Waals surface area contributed by atoms with Gasteiger partial charge in [-0.25, -0.2) is 9.37 Å². The molecule has 0 aliphatic carbocycles. The predicted molar refractivity (Wildman–Crippen MR) is 98.3 cm³/mol. The number of carbonyl (C=O) groups is 1. The minimum atomic E-state index is -0.250. The van der Waals surface area contributed by atoms with Gasteiger partial charge in [-0.2, -0.15) is 0 Å². The minimum Gasteiger partial charge on any atom is -0.312 e. The van der Waals surface area contributed by atoms with Crippen LogP contribution in [0.4, 0.5) is 10.1 Å². The largest absolute Gasteiger partial charge is 0.312 e. The molecule has 0 saturated carbocycles. The van der Waals surface area contributed by atoms with Gasteiger partial charge in [0, 0.05) is 23.2 Å². The van der Waals surface area contributed by atoms with Crippen LogP contribution in [0.3, 0.4) is 0 Å². The molecule has 0 spiro atoms. The average molecular weight is 352 g/mol. The molecule has 1 aromatic heterocycles. The zero-order valence-electron chi connectivity index (χ0n) is 13.6. The van der Waals surface area contributed by atoms with Gasteiger partial charge in [-0.15, -0.1) is 11.3 Å². The molecule has 0 N–H and O–H groups in total. The van der Waals surface area contributed by atoms with E-state index in [9.17, 15) is 9.18 Å². The van der Waals surface area contributed by atoms with Crippen LogP contribution in [0.25, 0.3) is 10.6 Å². The molecule has 3 aromatic rings. The molecule has 2 aromatic carbocycles. The van der Waals surface area contributed by atoms with Gasteiger partial charge in [0.2, 0.25) is 5.91 Å². The number of fused-ring (bicyclic) bond motifs is 1. The molecule has 1 aliphatic rings. The Morgan fingerprint density at radius 3 is 2.88 bits per heavy atom. The average Bonchev–Trinajstić information content (AvgIpc) is 3.10. The number of hydrogen-bond donors (Lipinski definition) is 0. The van der Waals surface area contributed by atoms with Gasteiger partial charge in [0.1, 0.15) is 10.8 Å². The van der Waals surface area contributed by atoms with Crippen molar-refractivity contribution in [3.63, 3.8) is 0 Å². The fourth-order valence-corrected chi connectivity index (χ4v) is 4.00. The van der Waals surface area contributed by atoms with Crippen molar-refractivity contribution in [1.82, 2.24) is 4.98 Å². The Morgan fingerprint density at radius 2 is 2.04 bits per heavy atom. The van der Waals surface area contributed by atoms with Crippen molar-refractivity contribution in [2.45, 2.75) is 19.3 Å². The van der Waals surface area contributed by atoms with Crippen LogP contribution in [0, 0.1) is 5.82 Å². The van der Waals surface area contributed by atoms with Gasteiger partial charge < -0.3 is 4.90 Å². The number of anilines is 1. The molecule has 0 atom stereocenters. The van der Waals surface area contributed by atoms with E-state index in [1.807, 2.05) is 35.7 Å². The summed E-state index contributed by atoms with van der Waals surface area (Å²) in [5.41, 5.74) is 3.58. The summed E-state index contributed by atoms with van der Waals surface area (Å²) in [6.45, 7) is 0.674. The molecule has 1 amide bonds. The number of benzene rings is 2. The zero-order chi connectivity index (χ0) is 17.2. The van der Waals surface area contributed by atoms with Crippen LogP contribution in [0.2, 0.25) is 0 Å². The van der Waals surface area contributed by atoms with Gasteiger partial charge in [0.15, 0.2) is 0 Å². The van der Waals surface area contributed by atoms with Crippen LogP contribution in [0.5, 0.6) is 0 Å². The fourth-order valence-electron chi connectivity index (χ4n) is 3.18.